The van der Waals surface area contributed by atoms with Crippen LogP contribution in [0.5, 0.6) is 0 Å². The number of aromatic amines is 1. The molecule has 126 valence electrons. The molecule has 2 rings (SSSR count). The molecule has 23 heavy (non-hydrogen) atoms. The molecular formula is C13H17F3N6O. The molecule has 0 aliphatic rings. The highest BCUT2D eigenvalue weighted by atomic mass is 19.4. The van der Waals surface area contributed by atoms with E-state index in [0.29, 0.717) is 11.1 Å². The number of alkyl halides is 3. The number of H-pyrrole nitrogens is 1. The van der Waals surface area contributed by atoms with E-state index >= 15 is 0 Å². The van der Waals surface area contributed by atoms with Crippen molar-refractivity contribution in [1.29, 1.82) is 0 Å². The molecule has 7 nitrogen and oxygen atoms in total. The van der Waals surface area contributed by atoms with Gasteiger partial charge in [0, 0.05) is 24.4 Å². The molecule has 0 saturated carbocycles. The quantitative estimate of drug-likeness (QED) is 0.785. The van der Waals surface area contributed by atoms with Crippen LogP contribution in [0.1, 0.15) is 18.3 Å². The van der Waals surface area contributed by atoms with Crippen LogP contribution in [-0.4, -0.2) is 38.2 Å². The summed E-state index contributed by atoms with van der Waals surface area (Å²) in [7, 11) is 0. The van der Waals surface area contributed by atoms with Gasteiger partial charge in [0.15, 0.2) is 0 Å². The summed E-state index contributed by atoms with van der Waals surface area (Å²) in [5.41, 5.74) is 1.93. The number of carbonyl (C=O) groups excluding carboxylic acids is 1. The minimum Gasteiger partial charge on any atom is -0.335 e. The first-order valence-corrected chi connectivity index (χ1v) is 6.89. The number of aromatic nitrogens is 4. The molecule has 0 aromatic carbocycles. The first kappa shape index (κ1) is 16.8. The van der Waals surface area contributed by atoms with E-state index in [1.165, 1.54) is 0 Å². The Bertz CT molecular complexity index is 663. The Morgan fingerprint density at radius 2 is 2.22 bits per heavy atom. The summed E-state index contributed by atoms with van der Waals surface area (Å²) in [6.45, 7) is 2.47. The van der Waals surface area contributed by atoms with Crippen LogP contribution in [0.4, 0.5) is 23.7 Å². The Morgan fingerprint density at radius 1 is 1.48 bits per heavy atom. The van der Waals surface area contributed by atoms with Crippen molar-refractivity contribution in [1.82, 2.24) is 25.3 Å². The number of nitrogens with zero attached hydrogens (tertiary/aromatic N) is 3. The largest absolute Gasteiger partial charge is 0.408 e. The molecule has 3 N–H and O–H groups in total. The van der Waals surface area contributed by atoms with Crippen LogP contribution in [-0.2, 0) is 13.0 Å². The zero-order valence-electron chi connectivity index (χ0n) is 12.6. The summed E-state index contributed by atoms with van der Waals surface area (Å²) >= 11 is 0. The van der Waals surface area contributed by atoms with E-state index in [1.807, 2.05) is 13.0 Å². The third kappa shape index (κ3) is 5.64. The van der Waals surface area contributed by atoms with Crippen LogP contribution < -0.4 is 10.6 Å². The van der Waals surface area contributed by atoms with Gasteiger partial charge in [0.05, 0.1) is 17.6 Å². The second kappa shape index (κ2) is 6.71. The van der Waals surface area contributed by atoms with Crippen LogP contribution in [0.2, 0.25) is 0 Å². The van der Waals surface area contributed by atoms with E-state index in [2.05, 4.69) is 25.9 Å². The fraction of sp³-hybridized carbons (Fsp3) is 0.462. The zero-order valence-corrected chi connectivity index (χ0v) is 12.6. The van der Waals surface area contributed by atoms with Gasteiger partial charge < -0.3 is 10.6 Å². The number of anilines is 1. The number of amides is 2. The second-order valence-electron chi connectivity index (χ2n) is 5.29. The number of halogens is 3. The Kier molecular flexibility index (Phi) is 4.92. The highest BCUT2D eigenvalue weighted by molar-refractivity contribution is 5.89. The first-order chi connectivity index (χ1) is 10.7. The monoisotopic (exact) mass is 330 g/mol. The van der Waals surface area contributed by atoms with Crippen LogP contribution in [0.3, 0.4) is 0 Å². The molecule has 10 heteroatoms. The van der Waals surface area contributed by atoms with Gasteiger partial charge in [-0.05, 0) is 19.9 Å². The third-order valence-electron chi connectivity index (χ3n) is 2.88. The fourth-order valence-corrected chi connectivity index (χ4v) is 2.03. The predicted octanol–water partition coefficient (Wildman–Crippen LogP) is 2.23. The summed E-state index contributed by atoms with van der Waals surface area (Å²) in [6, 6.07) is 1.16. The van der Waals surface area contributed by atoms with E-state index in [4.69, 9.17) is 0 Å². The minimum atomic E-state index is -4.36. The number of urea groups is 1. The lowest BCUT2D eigenvalue weighted by atomic mass is 10.2. The highest BCUT2D eigenvalue weighted by Gasteiger charge is 2.28. The number of aryl methyl sites for hydroxylation is 1. The minimum absolute atomic E-state index is 0.189. The molecule has 2 heterocycles. The summed E-state index contributed by atoms with van der Waals surface area (Å²) in [5.74, 6) is 0. The Balaban J connectivity index is 1.82. The average molecular weight is 330 g/mol. The maximum absolute atomic E-state index is 12.2. The molecule has 0 radical (unpaired) electrons. The number of hydrogen-bond donors (Lipinski definition) is 3. The Labute approximate surface area is 130 Å². The molecule has 2 amide bonds. The smallest absolute Gasteiger partial charge is 0.335 e. The van der Waals surface area contributed by atoms with E-state index < -0.39 is 18.8 Å². The van der Waals surface area contributed by atoms with Gasteiger partial charge in [0.25, 0.3) is 0 Å². The van der Waals surface area contributed by atoms with Crippen molar-refractivity contribution in [2.45, 2.75) is 39.0 Å². The van der Waals surface area contributed by atoms with Crippen molar-refractivity contribution in [3.05, 3.63) is 29.8 Å². The fourth-order valence-electron chi connectivity index (χ4n) is 2.03. The first-order valence-electron chi connectivity index (χ1n) is 6.89. The summed E-state index contributed by atoms with van der Waals surface area (Å²) < 4.78 is 37.4. The zero-order chi connectivity index (χ0) is 17.0. The lowest BCUT2D eigenvalue weighted by Crippen LogP contribution is -2.37. The van der Waals surface area contributed by atoms with Gasteiger partial charge >= 0.3 is 12.2 Å². The Morgan fingerprint density at radius 3 is 2.83 bits per heavy atom. The molecular weight excluding hydrogens is 313 g/mol. The molecule has 0 aliphatic carbocycles. The van der Waals surface area contributed by atoms with Crippen LogP contribution in [0.25, 0.3) is 0 Å². The molecule has 0 fully saturated rings. The molecule has 0 spiro atoms. The van der Waals surface area contributed by atoms with Gasteiger partial charge in [0.2, 0.25) is 0 Å². The van der Waals surface area contributed by atoms with Crippen LogP contribution in [0, 0.1) is 6.92 Å². The van der Waals surface area contributed by atoms with E-state index in [0.717, 1.165) is 23.8 Å². The normalized spacial score (nSPS) is 12.9. The van der Waals surface area contributed by atoms with Crippen molar-refractivity contribution in [3.8, 4) is 0 Å². The molecule has 0 saturated heterocycles. The summed E-state index contributed by atoms with van der Waals surface area (Å²) in [6.07, 6.45) is -1.55. The molecule has 2 aromatic heterocycles. The van der Waals surface area contributed by atoms with Gasteiger partial charge in [-0.25, -0.2) is 4.79 Å². The van der Waals surface area contributed by atoms with Gasteiger partial charge in [-0.1, -0.05) is 0 Å². The molecule has 1 atom stereocenters. The summed E-state index contributed by atoms with van der Waals surface area (Å²) in [5, 5.41) is 15.5. The standard InChI is InChI=1S/C13H17F3N6O/c1-8(3-10-4-9(2)20-21-10)18-12(23)19-11-5-17-22(6-11)7-13(14,15)16/h4-6,8H,3,7H2,1-2H3,(H,20,21)(H2,18,19,23). The average Bonchev–Trinajstić information content (AvgIpc) is 2.96. The lowest BCUT2D eigenvalue weighted by Gasteiger charge is -2.12. The van der Waals surface area contributed by atoms with Crippen molar-refractivity contribution >= 4 is 11.7 Å². The van der Waals surface area contributed by atoms with Crippen LogP contribution >= 0.6 is 0 Å². The number of nitrogens with one attached hydrogen (secondary N) is 3. The van der Waals surface area contributed by atoms with Gasteiger partial charge in [-0.15, -0.1) is 0 Å². The maximum Gasteiger partial charge on any atom is 0.408 e. The Hall–Kier alpha value is -2.52. The number of rotatable bonds is 5. The van der Waals surface area contributed by atoms with E-state index in [9.17, 15) is 18.0 Å². The SMILES string of the molecule is Cc1cc(CC(C)NC(=O)Nc2cnn(CC(F)(F)F)c2)n[nH]1. The van der Waals surface area contributed by atoms with E-state index in [1.54, 1.807) is 6.92 Å². The van der Waals surface area contributed by atoms with E-state index in [-0.39, 0.29) is 11.7 Å². The molecule has 0 aliphatic heterocycles. The number of carbonyl (C=O) groups is 1. The predicted molar refractivity (Wildman–Crippen MR) is 76.9 cm³/mol. The molecule has 1 unspecified atom stereocenters. The second-order valence-corrected chi connectivity index (χ2v) is 5.29. The van der Waals surface area contributed by atoms with Gasteiger partial charge in [0.1, 0.15) is 6.54 Å². The topological polar surface area (TPSA) is 87.6 Å². The van der Waals surface area contributed by atoms with Crippen LogP contribution in [0.15, 0.2) is 18.5 Å². The highest BCUT2D eigenvalue weighted by Crippen LogP contribution is 2.18. The van der Waals surface area contributed by atoms with Crippen molar-refractivity contribution in [2.75, 3.05) is 5.32 Å². The lowest BCUT2D eigenvalue weighted by molar-refractivity contribution is -0.142. The van der Waals surface area contributed by atoms with Gasteiger partial charge in [-0.3, -0.25) is 9.78 Å². The van der Waals surface area contributed by atoms with Crippen molar-refractivity contribution < 1.29 is 18.0 Å². The summed E-state index contributed by atoms with van der Waals surface area (Å²) in [4.78, 5) is 11.8. The third-order valence-corrected chi connectivity index (χ3v) is 2.88. The molecule has 2 aromatic rings. The van der Waals surface area contributed by atoms with Crippen molar-refractivity contribution in [2.24, 2.45) is 0 Å². The maximum atomic E-state index is 12.2. The number of hydrogen-bond acceptors (Lipinski definition) is 3. The molecule has 0 bridgehead atoms. The van der Waals surface area contributed by atoms with Crippen molar-refractivity contribution in [3.63, 3.8) is 0 Å². The van der Waals surface area contributed by atoms with Gasteiger partial charge in [-0.2, -0.15) is 23.4 Å².